The summed E-state index contributed by atoms with van der Waals surface area (Å²) in [4.78, 5) is 0. The minimum absolute atomic E-state index is 0.0136. The van der Waals surface area contributed by atoms with Crippen LogP contribution in [0.5, 0.6) is 0 Å². The van der Waals surface area contributed by atoms with Crippen molar-refractivity contribution in [2.45, 2.75) is 12.6 Å². The standard InChI is InChI=1S/C11H10F3NO/c12-11(13,14)9-5-3-6-10(15)8(9)4-1-2-7-16/h3,5-6,16H,2,7,15H2. The summed E-state index contributed by atoms with van der Waals surface area (Å²) in [6.45, 7) is -0.193. The molecule has 0 saturated carbocycles. The average Bonchev–Trinajstić information content (AvgIpc) is 2.19. The summed E-state index contributed by atoms with van der Waals surface area (Å²) in [6, 6.07) is 3.52. The van der Waals surface area contributed by atoms with Crippen molar-refractivity contribution >= 4 is 5.69 Å². The molecule has 0 unspecified atom stereocenters. The molecule has 1 rings (SSSR count). The van der Waals surface area contributed by atoms with E-state index in [4.69, 9.17) is 10.8 Å². The Bertz CT molecular complexity index is 429. The Morgan fingerprint density at radius 1 is 1.31 bits per heavy atom. The molecule has 0 radical (unpaired) electrons. The van der Waals surface area contributed by atoms with E-state index in [9.17, 15) is 13.2 Å². The van der Waals surface area contributed by atoms with Crippen LogP contribution in [-0.4, -0.2) is 11.7 Å². The maximum Gasteiger partial charge on any atom is 0.417 e. The molecule has 0 aliphatic carbocycles. The Labute approximate surface area is 90.9 Å². The number of aliphatic hydroxyl groups is 1. The molecular formula is C11H10F3NO. The molecule has 0 fully saturated rings. The second-order valence-corrected chi connectivity index (χ2v) is 3.04. The van der Waals surface area contributed by atoms with Gasteiger partial charge in [0.2, 0.25) is 0 Å². The average molecular weight is 229 g/mol. The van der Waals surface area contributed by atoms with Crippen LogP contribution in [0.15, 0.2) is 18.2 Å². The molecule has 0 aliphatic heterocycles. The lowest BCUT2D eigenvalue weighted by molar-refractivity contribution is -0.137. The van der Waals surface area contributed by atoms with E-state index in [2.05, 4.69) is 11.8 Å². The van der Waals surface area contributed by atoms with E-state index in [0.717, 1.165) is 6.07 Å². The predicted molar refractivity (Wildman–Crippen MR) is 54.4 cm³/mol. The number of nitrogens with two attached hydrogens (primary N) is 1. The van der Waals surface area contributed by atoms with Crippen LogP contribution in [0.4, 0.5) is 18.9 Å². The first kappa shape index (κ1) is 12.4. The fraction of sp³-hybridized carbons (Fsp3) is 0.273. The molecule has 1 aromatic carbocycles. The van der Waals surface area contributed by atoms with Crippen molar-refractivity contribution in [3.8, 4) is 11.8 Å². The van der Waals surface area contributed by atoms with Gasteiger partial charge in [-0.15, -0.1) is 0 Å². The first-order chi connectivity index (χ1) is 7.46. The smallest absolute Gasteiger partial charge is 0.398 e. The maximum absolute atomic E-state index is 12.6. The largest absolute Gasteiger partial charge is 0.417 e. The van der Waals surface area contributed by atoms with Crippen LogP contribution in [0, 0.1) is 11.8 Å². The Morgan fingerprint density at radius 2 is 2.00 bits per heavy atom. The lowest BCUT2D eigenvalue weighted by atomic mass is 10.1. The molecule has 0 bridgehead atoms. The second kappa shape index (κ2) is 4.90. The molecular weight excluding hydrogens is 219 g/mol. The van der Waals surface area contributed by atoms with E-state index in [1.807, 2.05) is 0 Å². The molecule has 5 heteroatoms. The highest BCUT2D eigenvalue weighted by Gasteiger charge is 2.33. The number of rotatable bonds is 1. The molecule has 0 aromatic heterocycles. The van der Waals surface area contributed by atoms with Crippen molar-refractivity contribution in [1.29, 1.82) is 0 Å². The van der Waals surface area contributed by atoms with Crippen molar-refractivity contribution in [3.63, 3.8) is 0 Å². The number of benzene rings is 1. The monoisotopic (exact) mass is 229 g/mol. The molecule has 2 nitrogen and oxygen atoms in total. The summed E-state index contributed by atoms with van der Waals surface area (Å²) in [5.74, 6) is 4.76. The van der Waals surface area contributed by atoms with Crippen molar-refractivity contribution in [2.24, 2.45) is 0 Å². The zero-order chi connectivity index (χ0) is 12.2. The summed E-state index contributed by atoms with van der Waals surface area (Å²) in [7, 11) is 0. The van der Waals surface area contributed by atoms with Crippen molar-refractivity contribution in [2.75, 3.05) is 12.3 Å². The van der Waals surface area contributed by atoms with Crippen LogP contribution in [0.2, 0.25) is 0 Å². The first-order valence-electron chi connectivity index (χ1n) is 4.52. The van der Waals surface area contributed by atoms with Gasteiger partial charge in [0, 0.05) is 12.1 Å². The number of hydrogen-bond acceptors (Lipinski definition) is 2. The van der Waals surface area contributed by atoms with Crippen LogP contribution in [0.3, 0.4) is 0 Å². The molecule has 16 heavy (non-hydrogen) atoms. The summed E-state index contributed by atoms with van der Waals surface area (Å²) < 4.78 is 37.7. The molecule has 0 atom stereocenters. The van der Waals surface area contributed by atoms with E-state index in [0.29, 0.717) is 0 Å². The Kier molecular flexibility index (Phi) is 3.80. The van der Waals surface area contributed by atoms with E-state index in [1.54, 1.807) is 0 Å². The number of hydrogen-bond donors (Lipinski definition) is 2. The van der Waals surface area contributed by atoms with E-state index < -0.39 is 11.7 Å². The normalized spacial score (nSPS) is 10.8. The van der Waals surface area contributed by atoms with Crippen LogP contribution in [0.25, 0.3) is 0 Å². The van der Waals surface area contributed by atoms with Gasteiger partial charge in [-0.2, -0.15) is 13.2 Å². The Morgan fingerprint density at radius 3 is 2.56 bits per heavy atom. The lowest BCUT2D eigenvalue weighted by Gasteiger charge is -2.10. The molecule has 0 spiro atoms. The third-order valence-corrected chi connectivity index (χ3v) is 1.85. The first-order valence-corrected chi connectivity index (χ1v) is 4.52. The highest BCUT2D eigenvalue weighted by molar-refractivity contribution is 5.60. The molecule has 86 valence electrons. The fourth-order valence-corrected chi connectivity index (χ4v) is 1.15. The van der Waals surface area contributed by atoms with Gasteiger partial charge in [-0.3, -0.25) is 0 Å². The van der Waals surface area contributed by atoms with Gasteiger partial charge >= 0.3 is 6.18 Å². The minimum atomic E-state index is -4.47. The van der Waals surface area contributed by atoms with Crippen LogP contribution < -0.4 is 5.73 Å². The summed E-state index contributed by atoms with van der Waals surface area (Å²) in [5.41, 5.74) is 4.34. The molecule has 0 saturated heterocycles. The fourth-order valence-electron chi connectivity index (χ4n) is 1.15. The van der Waals surface area contributed by atoms with E-state index in [1.165, 1.54) is 12.1 Å². The summed E-state index contributed by atoms with van der Waals surface area (Å²) >= 11 is 0. The van der Waals surface area contributed by atoms with Gasteiger partial charge < -0.3 is 10.8 Å². The lowest BCUT2D eigenvalue weighted by Crippen LogP contribution is -2.09. The number of aliphatic hydroxyl groups excluding tert-OH is 1. The highest BCUT2D eigenvalue weighted by Crippen LogP contribution is 2.33. The van der Waals surface area contributed by atoms with Gasteiger partial charge in [0.1, 0.15) is 0 Å². The molecule has 0 amide bonds. The van der Waals surface area contributed by atoms with Crippen molar-refractivity contribution in [3.05, 3.63) is 29.3 Å². The molecule has 1 aromatic rings. The van der Waals surface area contributed by atoms with E-state index in [-0.39, 0.29) is 24.3 Å². The van der Waals surface area contributed by atoms with Gasteiger partial charge in [0.15, 0.2) is 0 Å². The number of halogens is 3. The van der Waals surface area contributed by atoms with Crippen molar-refractivity contribution in [1.82, 2.24) is 0 Å². The second-order valence-electron chi connectivity index (χ2n) is 3.04. The maximum atomic E-state index is 12.6. The summed E-state index contributed by atoms with van der Waals surface area (Å²) in [6.07, 6.45) is -4.36. The Hall–Kier alpha value is -1.67. The van der Waals surface area contributed by atoms with Crippen molar-refractivity contribution < 1.29 is 18.3 Å². The highest BCUT2D eigenvalue weighted by atomic mass is 19.4. The van der Waals surface area contributed by atoms with Gasteiger partial charge in [-0.05, 0) is 12.1 Å². The van der Waals surface area contributed by atoms with Gasteiger partial charge in [-0.1, -0.05) is 17.9 Å². The third-order valence-electron chi connectivity index (χ3n) is 1.85. The quantitative estimate of drug-likeness (QED) is 0.571. The van der Waals surface area contributed by atoms with Gasteiger partial charge in [-0.25, -0.2) is 0 Å². The van der Waals surface area contributed by atoms with Gasteiger partial charge in [0.05, 0.1) is 17.7 Å². The Balaban J connectivity index is 3.21. The number of nitrogen functional groups attached to an aromatic ring is 1. The molecule has 0 heterocycles. The van der Waals surface area contributed by atoms with Crippen LogP contribution in [0.1, 0.15) is 17.5 Å². The summed E-state index contributed by atoms with van der Waals surface area (Å²) in [5, 5.41) is 8.49. The zero-order valence-electron chi connectivity index (χ0n) is 8.30. The van der Waals surface area contributed by atoms with Gasteiger partial charge in [0.25, 0.3) is 0 Å². The molecule has 3 N–H and O–H groups in total. The predicted octanol–water partition coefficient (Wildman–Crippen LogP) is 2.02. The van der Waals surface area contributed by atoms with Crippen LogP contribution >= 0.6 is 0 Å². The zero-order valence-corrected chi connectivity index (χ0v) is 8.30. The van der Waals surface area contributed by atoms with Crippen LogP contribution in [-0.2, 0) is 6.18 Å². The topological polar surface area (TPSA) is 46.2 Å². The third kappa shape index (κ3) is 2.91. The SMILES string of the molecule is Nc1cccc(C(F)(F)F)c1C#CCCO. The minimum Gasteiger partial charge on any atom is -0.398 e. The van der Waals surface area contributed by atoms with E-state index >= 15 is 0 Å². The molecule has 0 aliphatic rings. The number of anilines is 1. The number of alkyl halides is 3.